The Kier molecular flexibility index (Phi) is 3.44. The van der Waals surface area contributed by atoms with Crippen molar-refractivity contribution in [3.63, 3.8) is 0 Å². The second-order valence-corrected chi connectivity index (χ2v) is 4.43. The molecular weight excluding hydrogens is 188 g/mol. The highest BCUT2D eigenvalue weighted by Gasteiger charge is 2.25. The summed E-state index contributed by atoms with van der Waals surface area (Å²) in [5.74, 6) is 2.66. The fourth-order valence-corrected chi connectivity index (χ4v) is 2.40. The van der Waals surface area contributed by atoms with Crippen LogP contribution in [0.2, 0.25) is 0 Å². The lowest BCUT2D eigenvalue weighted by atomic mass is 10.0. The summed E-state index contributed by atoms with van der Waals surface area (Å²) in [5, 5.41) is 3.54. The van der Waals surface area contributed by atoms with Gasteiger partial charge in [-0.3, -0.25) is 0 Å². The molecule has 0 amide bonds. The van der Waals surface area contributed by atoms with E-state index in [0.29, 0.717) is 12.0 Å². The second-order valence-electron chi connectivity index (χ2n) is 4.43. The van der Waals surface area contributed by atoms with Crippen LogP contribution in [0.3, 0.4) is 0 Å². The van der Waals surface area contributed by atoms with E-state index >= 15 is 0 Å². The standard InChI is InChI=1S/C12H20N2O/c1-9-5-6-11(15-9)8-14-12-4-2-3-10(12)7-13/h5-6,10,12,14H,2-4,7-8,13H2,1H3. The molecule has 1 aromatic rings. The summed E-state index contributed by atoms with van der Waals surface area (Å²) in [6.07, 6.45) is 3.82. The molecule has 3 heteroatoms. The van der Waals surface area contributed by atoms with Crippen LogP contribution in [0, 0.1) is 12.8 Å². The molecule has 1 fully saturated rings. The van der Waals surface area contributed by atoms with Crippen LogP contribution in [0.1, 0.15) is 30.8 Å². The van der Waals surface area contributed by atoms with Gasteiger partial charge < -0.3 is 15.5 Å². The molecule has 2 atom stereocenters. The van der Waals surface area contributed by atoms with E-state index in [9.17, 15) is 0 Å². The molecule has 1 aliphatic carbocycles. The van der Waals surface area contributed by atoms with Gasteiger partial charge in [0.15, 0.2) is 0 Å². The zero-order valence-electron chi connectivity index (χ0n) is 9.33. The molecule has 0 spiro atoms. The van der Waals surface area contributed by atoms with E-state index in [2.05, 4.69) is 5.32 Å². The van der Waals surface area contributed by atoms with Crippen LogP contribution in [0.5, 0.6) is 0 Å². The monoisotopic (exact) mass is 208 g/mol. The fourth-order valence-electron chi connectivity index (χ4n) is 2.40. The molecule has 0 radical (unpaired) electrons. The molecule has 84 valence electrons. The van der Waals surface area contributed by atoms with Gasteiger partial charge in [0.2, 0.25) is 0 Å². The molecule has 0 aliphatic heterocycles. The van der Waals surface area contributed by atoms with Crippen molar-refractivity contribution in [1.29, 1.82) is 0 Å². The molecule has 0 aromatic carbocycles. The van der Waals surface area contributed by atoms with Gasteiger partial charge in [-0.1, -0.05) is 6.42 Å². The first-order chi connectivity index (χ1) is 7.29. The average Bonchev–Trinajstić information content (AvgIpc) is 2.83. The second kappa shape index (κ2) is 4.81. The molecule has 1 saturated carbocycles. The van der Waals surface area contributed by atoms with Crippen molar-refractivity contribution in [3.05, 3.63) is 23.7 Å². The first kappa shape index (κ1) is 10.7. The van der Waals surface area contributed by atoms with Gasteiger partial charge >= 0.3 is 0 Å². The summed E-state index contributed by atoms with van der Waals surface area (Å²) in [4.78, 5) is 0. The highest BCUT2D eigenvalue weighted by molar-refractivity contribution is 5.05. The van der Waals surface area contributed by atoms with Crippen molar-refractivity contribution >= 4 is 0 Å². The third-order valence-corrected chi connectivity index (χ3v) is 3.30. The number of aryl methyl sites for hydroxylation is 1. The summed E-state index contributed by atoms with van der Waals surface area (Å²) in [7, 11) is 0. The van der Waals surface area contributed by atoms with Crippen molar-refractivity contribution in [2.75, 3.05) is 6.54 Å². The molecule has 3 N–H and O–H groups in total. The van der Waals surface area contributed by atoms with Crippen LogP contribution < -0.4 is 11.1 Å². The average molecular weight is 208 g/mol. The van der Waals surface area contributed by atoms with E-state index in [-0.39, 0.29) is 0 Å². The maximum absolute atomic E-state index is 5.73. The van der Waals surface area contributed by atoms with Crippen LogP contribution in [-0.4, -0.2) is 12.6 Å². The predicted molar refractivity (Wildman–Crippen MR) is 60.5 cm³/mol. The first-order valence-electron chi connectivity index (χ1n) is 5.78. The number of nitrogens with two attached hydrogens (primary N) is 1. The molecule has 2 unspecified atom stereocenters. The van der Waals surface area contributed by atoms with Crippen LogP contribution in [-0.2, 0) is 6.54 Å². The SMILES string of the molecule is Cc1ccc(CNC2CCCC2CN)o1. The number of furan rings is 1. The van der Waals surface area contributed by atoms with E-state index in [0.717, 1.165) is 24.6 Å². The Labute approximate surface area is 91.0 Å². The van der Waals surface area contributed by atoms with Gasteiger partial charge in [0.1, 0.15) is 11.5 Å². The summed E-state index contributed by atoms with van der Waals surface area (Å²) in [5.41, 5.74) is 5.73. The number of nitrogens with one attached hydrogen (secondary N) is 1. The van der Waals surface area contributed by atoms with Gasteiger partial charge in [-0.25, -0.2) is 0 Å². The highest BCUT2D eigenvalue weighted by Crippen LogP contribution is 2.24. The van der Waals surface area contributed by atoms with Gasteiger partial charge in [-0.2, -0.15) is 0 Å². The van der Waals surface area contributed by atoms with Gasteiger partial charge in [0.25, 0.3) is 0 Å². The first-order valence-corrected chi connectivity index (χ1v) is 5.78. The Balaban J connectivity index is 1.82. The molecule has 15 heavy (non-hydrogen) atoms. The van der Waals surface area contributed by atoms with Crippen molar-refractivity contribution in [1.82, 2.24) is 5.32 Å². The molecule has 1 aromatic heterocycles. The largest absolute Gasteiger partial charge is 0.465 e. The minimum absolute atomic E-state index is 0.584. The Morgan fingerprint density at radius 1 is 1.47 bits per heavy atom. The predicted octanol–water partition coefficient (Wildman–Crippen LogP) is 1.81. The lowest BCUT2D eigenvalue weighted by molar-refractivity contribution is 0.378. The normalized spacial score (nSPS) is 26.0. The van der Waals surface area contributed by atoms with Gasteiger partial charge in [0, 0.05) is 6.04 Å². The van der Waals surface area contributed by atoms with Gasteiger partial charge in [0.05, 0.1) is 6.54 Å². The zero-order valence-corrected chi connectivity index (χ0v) is 9.33. The number of hydrogen-bond donors (Lipinski definition) is 2. The van der Waals surface area contributed by atoms with Crippen molar-refractivity contribution in [2.24, 2.45) is 11.7 Å². The smallest absolute Gasteiger partial charge is 0.117 e. The maximum Gasteiger partial charge on any atom is 0.117 e. The van der Waals surface area contributed by atoms with E-state index in [1.54, 1.807) is 0 Å². The quantitative estimate of drug-likeness (QED) is 0.793. The molecule has 1 aliphatic rings. The van der Waals surface area contributed by atoms with Crippen molar-refractivity contribution < 1.29 is 4.42 Å². The molecule has 3 nitrogen and oxygen atoms in total. The Morgan fingerprint density at radius 2 is 2.33 bits per heavy atom. The zero-order chi connectivity index (χ0) is 10.7. The topological polar surface area (TPSA) is 51.2 Å². The third-order valence-electron chi connectivity index (χ3n) is 3.30. The Bertz CT molecular complexity index is 308. The fraction of sp³-hybridized carbons (Fsp3) is 0.667. The van der Waals surface area contributed by atoms with Crippen LogP contribution in [0.4, 0.5) is 0 Å². The van der Waals surface area contributed by atoms with E-state index in [4.69, 9.17) is 10.2 Å². The van der Waals surface area contributed by atoms with E-state index < -0.39 is 0 Å². The summed E-state index contributed by atoms with van der Waals surface area (Å²) >= 11 is 0. The molecule has 1 heterocycles. The minimum atomic E-state index is 0.584. The van der Waals surface area contributed by atoms with Gasteiger partial charge in [-0.15, -0.1) is 0 Å². The summed E-state index contributed by atoms with van der Waals surface area (Å²) in [6, 6.07) is 4.63. The van der Waals surface area contributed by atoms with Crippen LogP contribution in [0.25, 0.3) is 0 Å². The minimum Gasteiger partial charge on any atom is -0.465 e. The molecule has 2 rings (SSSR count). The molecular formula is C12H20N2O. The summed E-state index contributed by atoms with van der Waals surface area (Å²) in [6.45, 7) is 3.60. The number of hydrogen-bond acceptors (Lipinski definition) is 3. The lowest BCUT2D eigenvalue weighted by Gasteiger charge is -2.18. The van der Waals surface area contributed by atoms with Crippen LogP contribution in [0.15, 0.2) is 16.5 Å². The highest BCUT2D eigenvalue weighted by atomic mass is 16.3. The molecule has 0 saturated heterocycles. The lowest BCUT2D eigenvalue weighted by Crippen LogP contribution is -2.35. The van der Waals surface area contributed by atoms with Crippen LogP contribution >= 0.6 is 0 Å². The van der Waals surface area contributed by atoms with E-state index in [1.807, 2.05) is 19.1 Å². The maximum atomic E-state index is 5.73. The van der Waals surface area contributed by atoms with Crippen molar-refractivity contribution in [2.45, 2.75) is 38.8 Å². The third kappa shape index (κ3) is 2.61. The Morgan fingerprint density at radius 3 is 3.00 bits per heavy atom. The molecule has 0 bridgehead atoms. The number of rotatable bonds is 4. The van der Waals surface area contributed by atoms with Crippen molar-refractivity contribution in [3.8, 4) is 0 Å². The summed E-state index contributed by atoms with van der Waals surface area (Å²) < 4.78 is 5.52. The van der Waals surface area contributed by atoms with E-state index in [1.165, 1.54) is 19.3 Å². The van der Waals surface area contributed by atoms with Gasteiger partial charge in [-0.05, 0) is 44.4 Å². The Hall–Kier alpha value is -0.800.